The SMILES string of the molecule is COC(=O)c1sc(NC(=O)COc2ccc(Br)cc2F)nc1C. The summed E-state index contributed by atoms with van der Waals surface area (Å²) in [5, 5.41) is 2.73. The number of halogens is 2. The number of carbonyl (C=O) groups is 2. The Labute approximate surface area is 143 Å². The monoisotopic (exact) mass is 402 g/mol. The van der Waals surface area contributed by atoms with Crippen LogP contribution in [-0.2, 0) is 9.53 Å². The van der Waals surface area contributed by atoms with Crippen LogP contribution in [0, 0.1) is 12.7 Å². The summed E-state index contributed by atoms with van der Waals surface area (Å²) >= 11 is 4.12. The maximum absolute atomic E-state index is 13.6. The minimum atomic E-state index is -0.578. The smallest absolute Gasteiger partial charge is 0.350 e. The summed E-state index contributed by atoms with van der Waals surface area (Å²) in [6, 6.07) is 4.25. The molecule has 122 valence electrons. The molecule has 1 aromatic heterocycles. The van der Waals surface area contributed by atoms with Gasteiger partial charge in [0.15, 0.2) is 23.3 Å². The van der Waals surface area contributed by atoms with Crippen molar-refractivity contribution >= 4 is 44.3 Å². The summed E-state index contributed by atoms with van der Waals surface area (Å²) in [7, 11) is 1.26. The van der Waals surface area contributed by atoms with Gasteiger partial charge in [-0.25, -0.2) is 14.2 Å². The van der Waals surface area contributed by atoms with Crippen LogP contribution in [0.1, 0.15) is 15.4 Å². The molecule has 2 rings (SSSR count). The number of anilines is 1. The molecule has 1 heterocycles. The molecular formula is C14H12BrFN2O4S. The maximum atomic E-state index is 13.6. The lowest BCUT2D eigenvalue weighted by molar-refractivity contribution is -0.118. The van der Waals surface area contributed by atoms with Crippen LogP contribution in [0.2, 0.25) is 0 Å². The van der Waals surface area contributed by atoms with Crippen molar-refractivity contribution in [1.82, 2.24) is 4.98 Å². The fourth-order valence-electron chi connectivity index (χ4n) is 1.62. The number of ether oxygens (including phenoxy) is 2. The molecule has 0 atom stereocenters. The summed E-state index contributed by atoms with van der Waals surface area (Å²) in [5.41, 5.74) is 0.456. The molecule has 0 spiro atoms. The van der Waals surface area contributed by atoms with E-state index in [-0.39, 0.29) is 17.5 Å². The fraction of sp³-hybridized carbons (Fsp3) is 0.214. The van der Waals surface area contributed by atoms with Gasteiger partial charge in [-0.15, -0.1) is 0 Å². The first-order chi connectivity index (χ1) is 10.9. The topological polar surface area (TPSA) is 77.5 Å². The minimum Gasteiger partial charge on any atom is -0.481 e. The zero-order chi connectivity index (χ0) is 17.0. The van der Waals surface area contributed by atoms with Gasteiger partial charge in [-0.2, -0.15) is 0 Å². The molecule has 0 fully saturated rings. The number of hydrogen-bond donors (Lipinski definition) is 1. The third kappa shape index (κ3) is 4.49. The van der Waals surface area contributed by atoms with Gasteiger partial charge in [0, 0.05) is 4.47 Å². The molecule has 0 aliphatic heterocycles. The summed E-state index contributed by atoms with van der Waals surface area (Å²) < 4.78 is 23.9. The predicted molar refractivity (Wildman–Crippen MR) is 86.4 cm³/mol. The van der Waals surface area contributed by atoms with E-state index >= 15 is 0 Å². The highest BCUT2D eigenvalue weighted by molar-refractivity contribution is 9.10. The molecule has 2 aromatic rings. The average molecular weight is 403 g/mol. The number of aromatic nitrogens is 1. The average Bonchev–Trinajstić information content (AvgIpc) is 2.86. The van der Waals surface area contributed by atoms with Crippen molar-refractivity contribution in [2.45, 2.75) is 6.92 Å². The van der Waals surface area contributed by atoms with E-state index in [9.17, 15) is 14.0 Å². The van der Waals surface area contributed by atoms with Gasteiger partial charge < -0.3 is 9.47 Å². The molecule has 1 aromatic carbocycles. The van der Waals surface area contributed by atoms with Crippen LogP contribution in [0.5, 0.6) is 5.75 Å². The van der Waals surface area contributed by atoms with E-state index in [0.717, 1.165) is 11.3 Å². The molecule has 0 radical (unpaired) electrons. The van der Waals surface area contributed by atoms with Crippen molar-refractivity contribution in [3.8, 4) is 5.75 Å². The van der Waals surface area contributed by atoms with Gasteiger partial charge in [-0.05, 0) is 25.1 Å². The Hall–Kier alpha value is -2.00. The Bertz CT molecular complexity index is 750. The molecular weight excluding hydrogens is 391 g/mol. The van der Waals surface area contributed by atoms with Crippen LogP contribution in [0.15, 0.2) is 22.7 Å². The molecule has 0 unspecified atom stereocenters. The largest absolute Gasteiger partial charge is 0.481 e. The summed E-state index contributed by atoms with van der Waals surface area (Å²) in [5.74, 6) is -1.65. The van der Waals surface area contributed by atoms with Crippen molar-refractivity contribution in [3.05, 3.63) is 39.1 Å². The highest BCUT2D eigenvalue weighted by Crippen LogP contribution is 2.24. The van der Waals surface area contributed by atoms with E-state index in [1.165, 1.54) is 19.2 Å². The molecule has 23 heavy (non-hydrogen) atoms. The van der Waals surface area contributed by atoms with Gasteiger partial charge in [0.05, 0.1) is 12.8 Å². The van der Waals surface area contributed by atoms with Crippen molar-refractivity contribution in [3.63, 3.8) is 0 Å². The van der Waals surface area contributed by atoms with Crippen LogP contribution < -0.4 is 10.1 Å². The zero-order valence-electron chi connectivity index (χ0n) is 12.2. The number of hydrogen-bond acceptors (Lipinski definition) is 6. The number of amides is 1. The zero-order valence-corrected chi connectivity index (χ0v) is 14.6. The Kier molecular flexibility index (Phi) is 5.67. The van der Waals surface area contributed by atoms with Gasteiger partial charge >= 0.3 is 5.97 Å². The number of rotatable bonds is 5. The number of carbonyl (C=O) groups excluding carboxylic acids is 2. The molecule has 0 aliphatic rings. The van der Waals surface area contributed by atoms with Gasteiger partial charge in [-0.1, -0.05) is 27.3 Å². The van der Waals surface area contributed by atoms with Gasteiger partial charge in [-0.3, -0.25) is 10.1 Å². The highest BCUT2D eigenvalue weighted by Gasteiger charge is 2.17. The number of benzene rings is 1. The third-order valence-electron chi connectivity index (χ3n) is 2.67. The molecule has 0 bridgehead atoms. The number of methoxy groups -OCH3 is 1. The number of aryl methyl sites for hydroxylation is 1. The van der Waals surface area contributed by atoms with Crippen LogP contribution in [-0.4, -0.2) is 30.6 Å². The molecule has 0 saturated carbocycles. The van der Waals surface area contributed by atoms with Gasteiger partial charge in [0.2, 0.25) is 0 Å². The third-order valence-corrected chi connectivity index (χ3v) is 4.21. The number of thiazole rings is 1. The molecule has 0 aliphatic carbocycles. The maximum Gasteiger partial charge on any atom is 0.350 e. The highest BCUT2D eigenvalue weighted by atomic mass is 79.9. The van der Waals surface area contributed by atoms with Crippen molar-refractivity contribution in [2.75, 3.05) is 19.0 Å². The van der Waals surface area contributed by atoms with Crippen LogP contribution in [0.25, 0.3) is 0 Å². The van der Waals surface area contributed by atoms with Crippen LogP contribution >= 0.6 is 27.3 Å². The normalized spacial score (nSPS) is 10.3. The van der Waals surface area contributed by atoms with Crippen molar-refractivity contribution in [2.24, 2.45) is 0 Å². The standard InChI is InChI=1S/C14H12BrFN2O4S/c1-7-12(13(20)21-2)23-14(17-7)18-11(19)6-22-10-4-3-8(15)5-9(10)16/h3-5H,6H2,1-2H3,(H,17,18,19). The predicted octanol–water partition coefficient (Wildman–Crippen LogP) is 3.16. The van der Waals surface area contributed by atoms with E-state index < -0.39 is 17.7 Å². The summed E-state index contributed by atoms with van der Waals surface area (Å²) in [6.07, 6.45) is 0. The number of esters is 1. The van der Waals surface area contributed by atoms with E-state index in [4.69, 9.17) is 4.74 Å². The first-order valence-corrected chi connectivity index (χ1v) is 7.95. The van der Waals surface area contributed by atoms with E-state index in [2.05, 4.69) is 31.0 Å². The number of nitrogens with zero attached hydrogens (tertiary/aromatic N) is 1. The van der Waals surface area contributed by atoms with Crippen LogP contribution in [0.3, 0.4) is 0 Å². The van der Waals surface area contributed by atoms with Crippen molar-refractivity contribution in [1.29, 1.82) is 0 Å². The molecule has 9 heteroatoms. The van der Waals surface area contributed by atoms with Crippen LogP contribution in [0.4, 0.5) is 9.52 Å². The molecule has 1 N–H and O–H groups in total. The summed E-state index contributed by atoms with van der Waals surface area (Å²) in [6.45, 7) is 1.25. The van der Waals surface area contributed by atoms with Crippen molar-refractivity contribution < 1.29 is 23.5 Å². The number of nitrogens with one attached hydrogen (secondary N) is 1. The lowest BCUT2D eigenvalue weighted by atomic mass is 10.3. The second-order valence-corrected chi connectivity index (χ2v) is 6.25. The first-order valence-electron chi connectivity index (χ1n) is 6.34. The van der Waals surface area contributed by atoms with E-state index in [0.29, 0.717) is 15.0 Å². The second kappa shape index (κ2) is 7.51. The lowest BCUT2D eigenvalue weighted by Gasteiger charge is -2.06. The van der Waals surface area contributed by atoms with Gasteiger partial charge in [0.25, 0.3) is 5.91 Å². The van der Waals surface area contributed by atoms with Gasteiger partial charge in [0.1, 0.15) is 4.88 Å². The Balaban J connectivity index is 1.96. The summed E-state index contributed by atoms with van der Waals surface area (Å²) in [4.78, 5) is 27.6. The molecule has 0 saturated heterocycles. The fourth-order valence-corrected chi connectivity index (χ4v) is 2.86. The first kappa shape index (κ1) is 17.4. The Morgan fingerprint density at radius 1 is 1.43 bits per heavy atom. The second-order valence-electron chi connectivity index (χ2n) is 4.34. The molecule has 1 amide bonds. The Morgan fingerprint density at radius 2 is 2.17 bits per heavy atom. The Morgan fingerprint density at radius 3 is 2.83 bits per heavy atom. The van der Waals surface area contributed by atoms with E-state index in [1.807, 2.05) is 0 Å². The quantitative estimate of drug-likeness (QED) is 0.777. The van der Waals surface area contributed by atoms with E-state index in [1.54, 1.807) is 13.0 Å². The minimum absolute atomic E-state index is 0.0334. The lowest BCUT2D eigenvalue weighted by Crippen LogP contribution is -2.20. The molecule has 6 nitrogen and oxygen atoms in total.